The van der Waals surface area contributed by atoms with Gasteiger partial charge in [0.25, 0.3) is 0 Å². The molecule has 3 aliphatic rings. The molecule has 37 heavy (non-hydrogen) atoms. The first kappa shape index (κ1) is 26.2. The van der Waals surface area contributed by atoms with E-state index in [-0.39, 0.29) is 35.1 Å². The number of nitrogens with zero attached hydrogens (tertiary/aromatic N) is 1. The van der Waals surface area contributed by atoms with Crippen LogP contribution in [0, 0.1) is 5.92 Å². The van der Waals surface area contributed by atoms with Gasteiger partial charge in [-0.2, -0.15) is 0 Å². The van der Waals surface area contributed by atoms with E-state index in [1.54, 1.807) is 0 Å². The fourth-order valence-electron chi connectivity index (χ4n) is 6.23. The Kier molecular flexibility index (Phi) is 7.09. The zero-order chi connectivity index (χ0) is 26.4. The molecule has 1 aliphatic carbocycles. The van der Waals surface area contributed by atoms with Crippen molar-refractivity contribution in [3.05, 3.63) is 59.7 Å². The minimum Gasteiger partial charge on any atom is -0.448 e. The largest absolute Gasteiger partial charge is 0.448 e. The summed E-state index contributed by atoms with van der Waals surface area (Å²) in [5.74, 6) is 0.384. The van der Waals surface area contributed by atoms with Gasteiger partial charge in [0.2, 0.25) is 0 Å². The van der Waals surface area contributed by atoms with Crippen molar-refractivity contribution in [3.63, 3.8) is 0 Å². The van der Waals surface area contributed by atoms with E-state index in [1.807, 2.05) is 4.90 Å². The van der Waals surface area contributed by atoms with Crippen LogP contribution in [0.4, 0.5) is 4.79 Å². The molecule has 5 nitrogen and oxygen atoms in total. The summed E-state index contributed by atoms with van der Waals surface area (Å²) in [7, 11) is -1.85. The minimum atomic E-state index is -1.85. The van der Waals surface area contributed by atoms with Crippen LogP contribution in [0.3, 0.4) is 0 Å². The molecule has 2 saturated heterocycles. The summed E-state index contributed by atoms with van der Waals surface area (Å²) in [6.07, 6.45) is 3.67. The van der Waals surface area contributed by atoms with Gasteiger partial charge in [0.1, 0.15) is 12.4 Å². The number of amides is 1. The number of hydrogen-bond acceptors (Lipinski definition) is 4. The lowest BCUT2D eigenvalue weighted by molar-refractivity contribution is -0.125. The Morgan fingerprint density at radius 2 is 1.46 bits per heavy atom. The van der Waals surface area contributed by atoms with E-state index < -0.39 is 8.32 Å². The van der Waals surface area contributed by atoms with Crippen LogP contribution in [0.2, 0.25) is 18.1 Å². The molecule has 0 aromatic heterocycles. The minimum absolute atomic E-state index is 0.0261. The van der Waals surface area contributed by atoms with Gasteiger partial charge in [0.05, 0.1) is 0 Å². The van der Waals surface area contributed by atoms with E-state index in [9.17, 15) is 9.59 Å². The maximum absolute atomic E-state index is 13.3. The number of benzene rings is 2. The van der Waals surface area contributed by atoms with E-state index in [1.165, 1.54) is 22.3 Å². The molecule has 0 saturated carbocycles. The Labute approximate surface area is 222 Å². The van der Waals surface area contributed by atoms with Crippen LogP contribution < -0.4 is 0 Å². The number of Topliss-reactive ketones (excluding diaryl/α,β-unsaturated/α-hetero) is 1. The molecule has 6 heteroatoms. The number of piperidine rings is 1. The Balaban J connectivity index is 1.17. The second-order valence-electron chi connectivity index (χ2n) is 12.6. The quantitative estimate of drug-likeness (QED) is 0.364. The Hall–Kier alpha value is -2.44. The first-order chi connectivity index (χ1) is 17.6. The van der Waals surface area contributed by atoms with Gasteiger partial charge in [-0.1, -0.05) is 69.3 Å². The summed E-state index contributed by atoms with van der Waals surface area (Å²) >= 11 is 0. The second-order valence-corrected chi connectivity index (χ2v) is 17.4. The predicted molar refractivity (Wildman–Crippen MR) is 149 cm³/mol. The number of carbonyl (C=O) groups is 2. The zero-order valence-electron chi connectivity index (χ0n) is 23.0. The molecule has 2 fully saturated rings. The smallest absolute Gasteiger partial charge is 0.410 e. The number of hydrogen-bond donors (Lipinski definition) is 0. The third kappa shape index (κ3) is 5.02. The molecule has 0 spiro atoms. The van der Waals surface area contributed by atoms with Gasteiger partial charge in [-0.25, -0.2) is 4.79 Å². The maximum Gasteiger partial charge on any atom is 0.410 e. The summed E-state index contributed by atoms with van der Waals surface area (Å²) in [5.41, 5.74) is 4.92. The van der Waals surface area contributed by atoms with E-state index in [0.717, 1.165) is 25.7 Å². The SMILES string of the molecule is CC(C)(C)[Si](C)(C)OCCC(=O)C1CC2CCC(C1)N2C(=O)OCC1c2ccccc2-c2ccccc21. The molecule has 2 atom stereocenters. The third-order valence-corrected chi connectivity index (χ3v) is 13.9. The Morgan fingerprint density at radius 3 is 2.00 bits per heavy atom. The normalized spacial score (nSPS) is 23.1. The lowest BCUT2D eigenvalue weighted by Gasteiger charge is -2.38. The fraction of sp³-hybridized carbons (Fsp3) is 0.548. The lowest BCUT2D eigenvalue weighted by atomic mass is 9.86. The molecule has 2 aromatic carbocycles. The summed E-state index contributed by atoms with van der Waals surface area (Å²) in [5, 5.41) is 0.142. The van der Waals surface area contributed by atoms with E-state index in [4.69, 9.17) is 9.16 Å². The molecule has 1 amide bonds. The van der Waals surface area contributed by atoms with Gasteiger partial charge in [-0.3, -0.25) is 4.79 Å². The van der Waals surface area contributed by atoms with Crippen LogP contribution in [-0.2, 0) is 14.0 Å². The fourth-order valence-corrected chi connectivity index (χ4v) is 7.28. The van der Waals surface area contributed by atoms with Gasteiger partial charge in [0.15, 0.2) is 8.32 Å². The first-order valence-corrected chi connectivity index (χ1v) is 16.8. The maximum atomic E-state index is 13.3. The molecule has 2 bridgehead atoms. The highest BCUT2D eigenvalue weighted by molar-refractivity contribution is 6.74. The van der Waals surface area contributed by atoms with E-state index in [0.29, 0.717) is 25.4 Å². The number of ether oxygens (including phenoxy) is 1. The number of fused-ring (bicyclic) bond motifs is 5. The van der Waals surface area contributed by atoms with Crippen molar-refractivity contribution >= 4 is 20.2 Å². The van der Waals surface area contributed by atoms with Crippen molar-refractivity contribution in [2.45, 2.75) is 89.0 Å². The molecule has 5 rings (SSSR count). The van der Waals surface area contributed by atoms with Gasteiger partial charge >= 0.3 is 6.09 Å². The predicted octanol–water partition coefficient (Wildman–Crippen LogP) is 7.16. The van der Waals surface area contributed by atoms with Crippen molar-refractivity contribution < 1.29 is 18.8 Å². The summed E-state index contributed by atoms with van der Waals surface area (Å²) in [6.45, 7) is 12.0. The lowest BCUT2D eigenvalue weighted by Crippen LogP contribution is -2.48. The van der Waals surface area contributed by atoms with Crippen molar-refractivity contribution in [1.29, 1.82) is 0 Å². The summed E-state index contributed by atoms with van der Waals surface area (Å²) in [4.78, 5) is 28.3. The molecule has 198 valence electrons. The standard InChI is InChI=1S/C31H41NO4Si/c1-31(2,3)37(4,5)36-17-16-29(33)21-18-22-14-15-23(19-21)32(22)30(34)35-20-28-26-12-8-6-10-24(26)25-11-7-9-13-27(25)28/h6-13,21-23,28H,14-20H2,1-5H3. The van der Waals surface area contributed by atoms with Crippen molar-refractivity contribution in [2.24, 2.45) is 5.92 Å². The first-order valence-electron chi connectivity index (χ1n) is 13.9. The number of ketones is 1. The topological polar surface area (TPSA) is 55.8 Å². The Bertz CT molecular complexity index is 1110. The third-order valence-electron chi connectivity index (χ3n) is 9.35. The monoisotopic (exact) mass is 519 g/mol. The van der Waals surface area contributed by atoms with Gasteiger partial charge in [0, 0.05) is 36.9 Å². The average Bonchev–Trinajstić information content (AvgIpc) is 3.32. The van der Waals surface area contributed by atoms with Crippen LogP contribution in [0.5, 0.6) is 0 Å². The zero-order valence-corrected chi connectivity index (χ0v) is 24.0. The van der Waals surface area contributed by atoms with Crippen LogP contribution in [-0.4, -0.2) is 50.4 Å². The van der Waals surface area contributed by atoms with Crippen LogP contribution in [0.25, 0.3) is 11.1 Å². The molecular weight excluding hydrogens is 478 g/mol. The Morgan fingerprint density at radius 1 is 0.919 bits per heavy atom. The summed E-state index contributed by atoms with van der Waals surface area (Å²) < 4.78 is 12.2. The highest BCUT2D eigenvalue weighted by atomic mass is 28.4. The molecule has 2 aromatic rings. The molecule has 2 aliphatic heterocycles. The number of rotatable bonds is 7. The molecule has 0 radical (unpaired) electrons. The van der Waals surface area contributed by atoms with Gasteiger partial charge in [-0.05, 0) is 66.1 Å². The van der Waals surface area contributed by atoms with Crippen molar-refractivity contribution in [1.82, 2.24) is 4.90 Å². The molecule has 2 heterocycles. The molecule has 2 unspecified atom stereocenters. The molecule has 0 N–H and O–H groups in total. The van der Waals surface area contributed by atoms with Crippen molar-refractivity contribution in [3.8, 4) is 11.1 Å². The molecular formula is C31H41NO4Si. The van der Waals surface area contributed by atoms with Crippen molar-refractivity contribution in [2.75, 3.05) is 13.2 Å². The second kappa shape index (κ2) is 10.0. The highest BCUT2D eigenvalue weighted by Crippen LogP contribution is 2.45. The average molecular weight is 520 g/mol. The summed E-state index contributed by atoms with van der Waals surface area (Å²) in [6, 6.07) is 17.0. The van der Waals surface area contributed by atoms with Gasteiger partial charge in [-0.15, -0.1) is 0 Å². The van der Waals surface area contributed by atoms with Crippen LogP contribution >= 0.6 is 0 Å². The highest BCUT2D eigenvalue weighted by Gasteiger charge is 2.46. The number of carbonyl (C=O) groups excluding carboxylic acids is 2. The van der Waals surface area contributed by atoms with Crippen LogP contribution in [0.1, 0.15) is 69.9 Å². The van der Waals surface area contributed by atoms with Gasteiger partial charge < -0.3 is 14.1 Å². The van der Waals surface area contributed by atoms with Crippen LogP contribution in [0.15, 0.2) is 48.5 Å². The van der Waals surface area contributed by atoms with E-state index >= 15 is 0 Å². The van der Waals surface area contributed by atoms with E-state index in [2.05, 4.69) is 82.4 Å².